The van der Waals surface area contributed by atoms with Gasteiger partial charge in [0.05, 0.1) is 5.56 Å². The molecule has 0 amide bonds. The minimum absolute atomic E-state index is 0.0218. The summed E-state index contributed by atoms with van der Waals surface area (Å²) in [4.78, 5) is 0. The summed E-state index contributed by atoms with van der Waals surface area (Å²) in [5.41, 5.74) is 7.39. The lowest BCUT2D eigenvalue weighted by molar-refractivity contribution is 0.584. The SMILES string of the molecule is Cc1ccc(F)c(-c2ccc(CN)cc2)c1F. The first-order valence-corrected chi connectivity index (χ1v) is 5.37. The second-order valence-corrected chi connectivity index (χ2v) is 3.95. The number of halogens is 2. The standard InChI is InChI=1S/C14H13F2N/c1-9-2-7-12(15)13(14(9)16)11-5-3-10(8-17)4-6-11/h2-7H,8,17H2,1H3. The Kier molecular flexibility index (Phi) is 3.20. The van der Waals surface area contributed by atoms with Crippen LogP contribution in [0.3, 0.4) is 0 Å². The summed E-state index contributed by atoms with van der Waals surface area (Å²) in [6.07, 6.45) is 0. The largest absolute Gasteiger partial charge is 0.326 e. The lowest BCUT2D eigenvalue weighted by Crippen LogP contribution is -1.97. The van der Waals surface area contributed by atoms with Crippen molar-refractivity contribution in [1.29, 1.82) is 0 Å². The predicted molar refractivity (Wildman–Crippen MR) is 64.4 cm³/mol. The Balaban J connectivity index is 2.55. The maximum atomic E-state index is 13.9. The van der Waals surface area contributed by atoms with Gasteiger partial charge in [0.25, 0.3) is 0 Å². The van der Waals surface area contributed by atoms with Crippen molar-refractivity contribution in [3.63, 3.8) is 0 Å². The van der Waals surface area contributed by atoms with E-state index in [0.717, 1.165) is 5.56 Å². The third kappa shape index (κ3) is 2.19. The Hall–Kier alpha value is -1.74. The molecule has 2 aromatic rings. The minimum Gasteiger partial charge on any atom is -0.326 e. The van der Waals surface area contributed by atoms with E-state index in [1.165, 1.54) is 12.1 Å². The highest BCUT2D eigenvalue weighted by Crippen LogP contribution is 2.28. The number of nitrogens with two attached hydrogens (primary N) is 1. The van der Waals surface area contributed by atoms with Crippen LogP contribution in [0, 0.1) is 18.6 Å². The number of benzene rings is 2. The number of hydrogen-bond donors (Lipinski definition) is 1. The van der Waals surface area contributed by atoms with Gasteiger partial charge in [-0.2, -0.15) is 0 Å². The van der Waals surface area contributed by atoms with Crippen molar-refractivity contribution in [2.45, 2.75) is 13.5 Å². The molecule has 17 heavy (non-hydrogen) atoms. The molecule has 0 bridgehead atoms. The summed E-state index contributed by atoms with van der Waals surface area (Å²) in [6.45, 7) is 2.03. The zero-order chi connectivity index (χ0) is 12.4. The third-order valence-corrected chi connectivity index (χ3v) is 2.76. The van der Waals surface area contributed by atoms with Gasteiger partial charge in [-0.05, 0) is 29.7 Å². The molecule has 0 spiro atoms. The maximum Gasteiger partial charge on any atom is 0.136 e. The Labute approximate surface area is 98.9 Å². The Morgan fingerprint density at radius 1 is 1.00 bits per heavy atom. The van der Waals surface area contributed by atoms with E-state index in [0.29, 0.717) is 17.7 Å². The van der Waals surface area contributed by atoms with Gasteiger partial charge < -0.3 is 5.73 Å². The van der Waals surface area contributed by atoms with E-state index in [4.69, 9.17) is 5.73 Å². The van der Waals surface area contributed by atoms with Crippen LogP contribution < -0.4 is 5.73 Å². The molecule has 2 rings (SSSR count). The molecule has 2 N–H and O–H groups in total. The first kappa shape index (κ1) is 11.7. The van der Waals surface area contributed by atoms with Crippen molar-refractivity contribution in [3.05, 3.63) is 59.2 Å². The fourth-order valence-corrected chi connectivity index (χ4v) is 1.73. The van der Waals surface area contributed by atoms with Crippen LogP contribution in [0.25, 0.3) is 11.1 Å². The summed E-state index contributed by atoms with van der Waals surface area (Å²) in [7, 11) is 0. The van der Waals surface area contributed by atoms with Crippen LogP contribution >= 0.6 is 0 Å². The topological polar surface area (TPSA) is 26.0 Å². The fourth-order valence-electron chi connectivity index (χ4n) is 1.73. The monoisotopic (exact) mass is 233 g/mol. The summed E-state index contributed by atoms with van der Waals surface area (Å²) in [5, 5.41) is 0. The van der Waals surface area contributed by atoms with Crippen molar-refractivity contribution in [2.75, 3.05) is 0 Å². The van der Waals surface area contributed by atoms with Crippen LogP contribution in [0.5, 0.6) is 0 Å². The molecule has 0 atom stereocenters. The molecule has 0 aliphatic carbocycles. The molecule has 0 aliphatic rings. The van der Waals surface area contributed by atoms with Crippen LogP contribution in [-0.4, -0.2) is 0 Å². The molecule has 0 aliphatic heterocycles. The smallest absolute Gasteiger partial charge is 0.136 e. The quantitative estimate of drug-likeness (QED) is 0.845. The summed E-state index contributed by atoms with van der Waals surface area (Å²) in [6, 6.07) is 9.63. The molecule has 2 aromatic carbocycles. The highest BCUT2D eigenvalue weighted by Gasteiger charge is 2.13. The van der Waals surface area contributed by atoms with Gasteiger partial charge in [0.1, 0.15) is 11.6 Å². The van der Waals surface area contributed by atoms with Crippen LogP contribution in [0.1, 0.15) is 11.1 Å². The first-order valence-electron chi connectivity index (χ1n) is 5.37. The lowest BCUT2D eigenvalue weighted by atomic mass is 10.0. The lowest BCUT2D eigenvalue weighted by Gasteiger charge is -2.08. The summed E-state index contributed by atoms with van der Waals surface area (Å²) in [5.74, 6) is -1.06. The minimum atomic E-state index is -0.548. The normalized spacial score (nSPS) is 10.6. The average molecular weight is 233 g/mol. The van der Waals surface area contributed by atoms with Crippen molar-refractivity contribution in [2.24, 2.45) is 5.73 Å². The van der Waals surface area contributed by atoms with Gasteiger partial charge in [0, 0.05) is 6.54 Å². The predicted octanol–water partition coefficient (Wildman–Crippen LogP) is 3.40. The highest BCUT2D eigenvalue weighted by atomic mass is 19.1. The van der Waals surface area contributed by atoms with Crippen LogP contribution in [0.15, 0.2) is 36.4 Å². The molecule has 0 unspecified atom stereocenters. The van der Waals surface area contributed by atoms with Crippen molar-refractivity contribution in [1.82, 2.24) is 0 Å². The number of aryl methyl sites for hydroxylation is 1. The Morgan fingerprint density at radius 3 is 2.24 bits per heavy atom. The van der Waals surface area contributed by atoms with Gasteiger partial charge in [-0.1, -0.05) is 30.3 Å². The van der Waals surface area contributed by atoms with Crippen molar-refractivity contribution < 1.29 is 8.78 Å². The van der Waals surface area contributed by atoms with Crippen molar-refractivity contribution >= 4 is 0 Å². The van der Waals surface area contributed by atoms with E-state index in [-0.39, 0.29) is 5.56 Å². The third-order valence-electron chi connectivity index (χ3n) is 2.76. The zero-order valence-electron chi connectivity index (χ0n) is 9.50. The number of rotatable bonds is 2. The molecule has 0 heterocycles. The summed E-state index contributed by atoms with van der Waals surface area (Å²) < 4.78 is 27.5. The van der Waals surface area contributed by atoms with Gasteiger partial charge >= 0.3 is 0 Å². The zero-order valence-corrected chi connectivity index (χ0v) is 9.50. The molecule has 1 nitrogen and oxygen atoms in total. The van der Waals surface area contributed by atoms with E-state index in [2.05, 4.69) is 0 Å². The van der Waals surface area contributed by atoms with Crippen LogP contribution in [0.4, 0.5) is 8.78 Å². The maximum absolute atomic E-state index is 13.9. The molecule has 0 radical (unpaired) electrons. The van der Waals surface area contributed by atoms with Gasteiger partial charge in [-0.15, -0.1) is 0 Å². The molecular weight excluding hydrogens is 220 g/mol. The Morgan fingerprint density at radius 2 is 1.65 bits per heavy atom. The number of hydrogen-bond acceptors (Lipinski definition) is 1. The van der Waals surface area contributed by atoms with Gasteiger partial charge in [-0.25, -0.2) is 8.78 Å². The first-order chi connectivity index (χ1) is 8.13. The van der Waals surface area contributed by atoms with Gasteiger partial charge in [0.2, 0.25) is 0 Å². The van der Waals surface area contributed by atoms with E-state index < -0.39 is 11.6 Å². The van der Waals surface area contributed by atoms with E-state index in [9.17, 15) is 8.78 Å². The average Bonchev–Trinajstić information content (AvgIpc) is 2.35. The second kappa shape index (κ2) is 4.63. The summed E-state index contributed by atoms with van der Waals surface area (Å²) >= 11 is 0. The molecule has 0 saturated heterocycles. The van der Waals surface area contributed by atoms with Gasteiger partial charge in [-0.3, -0.25) is 0 Å². The van der Waals surface area contributed by atoms with Crippen LogP contribution in [0.2, 0.25) is 0 Å². The fraction of sp³-hybridized carbons (Fsp3) is 0.143. The van der Waals surface area contributed by atoms with Crippen LogP contribution in [-0.2, 0) is 6.54 Å². The molecule has 3 heteroatoms. The molecule has 0 fully saturated rings. The van der Waals surface area contributed by atoms with Gasteiger partial charge in [0.15, 0.2) is 0 Å². The molecular formula is C14H13F2N. The Bertz CT molecular complexity index is 533. The van der Waals surface area contributed by atoms with Crippen molar-refractivity contribution in [3.8, 4) is 11.1 Å². The second-order valence-electron chi connectivity index (χ2n) is 3.95. The highest BCUT2D eigenvalue weighted by molar-refractivity contribution is 5.66. The molecule has 0 aromatic heterocycles. The van der Waals surface area contributed by atoms with E-state index in [1.807, 2.05) is 0 Å². The van der Waals surface area contributed by atoms with E-state index >= 15 is 0 Å². The molecule has 88 valence electrons. The molecule has 0 saturated carbocycles. The van der Waals surface area contributed by atoms with E-state index in [1.54, 1.807) is 31.2 Å².